The molecule has 9 heteroatoms. The van der Waals surface area contributed by atoms with Crippen LogP contribution in [0.5, 0.6) is 0 Å². The first-order valence-electron chi connectivity index (χ1n) is 9.61. The van der Waals surface area contributed by atoms with Gasteiger partial charge in [-0.25, -0.2) is 0 Å². The first-order chi connectivity index (χ1) is 15.3. The molecule has 0 saturated carbocycles. The zero-order chi connectivity index (χ0) is 23.3. The molecule has 0 saturated heterocycles. The van der Waals surface area contributed by atoms with Gasteiger partial charge in [0.1, 0.15) is 5.92 Å². The van der Waals surface area contributed by atoms with E-state index in [0.29, 0.717) is 16.3 Å². The van der Waals surface area contributed by atoms with Gasteiger partial charge in [-0.15, -0.1) is 0 Å². The van der Waals surface area contributed by atoms with Crippen LogP contribution in [-0.4, -0.2) is 30.6 Å². The van der Waals surface area contributed by atoms with E-state index in [4.69, 9.17) is 16.3 Å². The molecule has 1 aliphatic rings. The predicted molar refractivity (Wildman–Crippen MR) is 123 cm³/mol. The summed E-state index contributed by atoms with van der Waals surface area (Å²) >= 11 is 6.87. The number of anilines is 1. The molecule has 164 valence electrons. The molecular formula is C23H20ClN3O4S. The molecule has 0 unspecified atom stereocenters. The molecule has 0 aliphatic carbocycles. The number of hydrogen-bond acceptors (Lipinski definition) is 6. The number of allylic oxidation sites excluding steroid dienone is 1. The number of thioether (sulfide) groups is 1. The Balaban J connectivity index is 1.87. The Hall–Kier alpha value is -3.28. The highest BCUT2D eigenvalue weighted by Crippen LogP contribution is 2.40. The third kappa shape index (κ3) is 5.31. The van der Waals surface area contributed by atoms with Crippen LogP contribution in [0, 0.1) is 24.2 Å². The van der Waals surface area contributed by atoms with Crippen molar-refractivity contribution >= 4 is 46.8 Å². The number of carbonyl (C=O) groups is 3. The first-order valence-corrected chi connectivity index (χ1v) is 11.0. The van der Waals surface area contributed by atoms with E-state index in [2.05, 4.69) is 16.7 Å². The second-order valence-corrected chi connectivity index (χ2v) is 8.50. The van der Waals surface area contributed by atoms with E-state index in [-0.39, 0.29) is 22.3 Å². The molecule has 0 spiro atoms. The highest BCUT2D eigenvalue weighted by Gasteiger charge is 2.44. The Morgan fingerprint density at radius 3 is 2.44 bits per heavy atom. The summed E-state index contributed by atoms with van der Waals surface area (Å²) in [6.07, 6.45) is 0. The van der Waals surface area contributed by atoms with Gasteiger partial charge in [-0.1, -0.05) is 53.2 Å². The number of aryl methyl sites for hydroxylation is 1. The molecular weight excluding hydrogens is 450 g/mol. The lowest BCUT2D eigenvalue weighted by molar-refractivity contribution is -0.150. The smallest absolute Gasteiger partial charge is 0.319 e. The summed E-state index contributed by atoms with van der Waals surface area (Å²) in [5, 5.41) is 16.0. The van der Waals surface area contributed by atoms with Gasteiger partial charge in [0.2, 0.25) is 11.8 Å². The molecule has 2 N–H and O–H groups in total. The van der Waals surface area contributed by atoms with E-state index in [1.54, 1.807) is 36.4 Å². The van der Waals surface area contributed by atoms with Gasteiger partial charge in [-0.05, 0) is 36.8 Å². The van der Waals surface area contributed by atoms with E-state index >= 15 is 0 Å². The van der Waals surface area contributed by atoms with Gasteiger partial charge in [0, 0.05) is 16.6 Å². The average molecular weight is 470 g/mol. The van der Waals surface area contributed by atoms with Gasteiger partial charge in [-0.2, -0.15) is 5.26 Å². The third-order valence-electron chi connectivity index (χ3n) is 4.90. The van der Waals surface area contributed by atoms with Crippen LogP contribution < -0.4 is 10.6 Å². The Morgan fingerprint density at radius 2 is 1.84 bits per heavy atom. The number of halogens is 1. The number of methoxy groups -OCH3 is 1. The molecule has 7 nitrogen and oxygen atoms in total. The standard InChI is InChI=1S/C23H20ClN3O4S/c1-13-3-5-14(6-4-13)19-17(11-25)22(27-21(29)20(19)23(30)31-2)32-12-18(28)26-16-9-7-15(24)8-10-16/h3-10,19-20H,12H2,1-2H3,(H,26,28)(H,27,29)/t19-,20+/m0/s1. The number of hydrogen-bond donors (Lipinski definition) is 2. The fourth-order valence-electron chi connectivity index (χ4n) is 3.32. The molecule has 2 amide bonds. The number of esters is 1. The predicted octanol–water partition coefficient (Wildman–Crippen LogP) is 3.76. The minimum Gasteiger partial charge on any atom is -0.468 e. The van der Waals surface area contributed by atoms with E-state index in [9.17, 15) is 19.6 Å². The minimum atomic E-state index is -1.20. The molecule has 2 aromatic carbocycles. The number of nitrogens with one attached hydrogen (secondary N) is 2. The van der Waals surface area contributed by atoms with Crippen LogP contribution >= 0.6 is 23.4 Å². The van der Waals surface area contributed by atoms with Crippen molar-refractivity contribution in [3.8, 4) is 6.07 Å². The van der Waals surface area contributed by atoms with Crippen LogP contribution in [0.1, 0.15) is 17.0 Å². The van der Waals surface area contributed by atoms with Crippen LogP contribution in [0.25, 0.3) is 0 Å². The lowest BCUT2D eigenvalue weighted by Gasteiger charge is -2.31. The summed E-state index contributed by atoms with van der Waals surface area (Å²) < 4.78 is 4.82. The maximum absolute atomic E-state index is 12.8. The average Bonchev–Trinajstić information content (AvgIpc) is 2.78. The largest absolute Gasteiger partial charge is 0.468 e. The molecule has 32 heavy (non-hydrogen) atoms. The molecule has 2 atom stereocenters. The van der Waals surface area contributed by atoms with Crippen LogP contribution in [0.15, 0.2) is 59.1 Å². The Morgan fingerprint density at radius 1 is 1.19 bits per heavy atom. The molecule has 2 aromatic rings. The summed E-state index contributed by atoms with van der Waals surface area (Å²) in [5.74, 6) is -3.70. The van der Waals surface area contributed by atoms with Gasteiger partial charge in [-0.3, -0.25) is 14.4 Å². The van der Waals surface area contributed by atoms with E-state index in [1.807, 2.05) is 19.1 Å². The van der Waals surface area contributed by atoms with Crippen molar-refractivity contribution in [3.05, 3.63) is 75.3 Å². The maximum Gasteiger partial charge on any atom is 0.319 e. The summed E-state index contributed by atoms with van der Waals surface area (Å²) in [6.45, 7) is 1.91. The number of carbonyl (C=O) groups excluding carboxylic acids is 3. The van der Waals surface area contributed by atoms with Crippen LogP contribution in [0.2, 0.25) is 5.02 Å². The Labute approximate surface area is 194 Å². The molecule has 0 aromatic heterocycles. The SMILES string of the molecule is COC(=O)[C@H]1C(=O)NC(SCC(=O)Nc2ccc(Cl)cc2)=C(C#N)[C@@H]1c1ccc(C)cc1. The Kier molecular flexibility index (Phi) is 7.57. The lowest BCUT2D eigenvalue weighted by atomic mass is 9.78. The van der Waals surface area contributed by atoms with Gasteiger partial charge in [0.15, 0.2) is 0 Å². The molecule has 0 radical (unpaired) electrons. The number of ether oxygens (including phenoxy) is 1. The van der Waals surface area contributed by atoms with Crippen molar-refractivity contribution in [3.63, 3.8) is 0 Å². The van der Waals surface area contributed by atoms with E-state index in [1.165, 1.54) is 7.11 Å². The second kappa shape index (κ2) is 10.4. The van der Waals surface area contributed by atoms with Crippen molar-refractivity contribution in [1.82, 2.24) is 5.32 Å². The van der Waals surface area contributed by atoms with Crippen LogP contribution in [-0.2, 0) is 19.1 Å². The molecule has 3 rings (SSSR count). The summed E-state index contributed by atoms with van der Waals surface area (Å²) in [4.78, 5) is 37.6. The van der Waals surface area contributed by atoms with Gasteiger partial charge < -0.3 is 15.4 Å². The number of nitrogens with zero attached hydrogens (tertiary/aromatic N) is 1. The lowest BCUT2D eigenvalue weighted by Crippen LogP contribution is -2.44. The zero-order valence-electron chi connectivity index (χ0n) is 17.3. The summed E-state index contributed by atoms with van der Waals surface area (Å²) in [6, 6.07) is 16.0. The maximum atomic E-state index is 12.8. The molecule has 1 heterocycles. The third-order valence-corrected chi connectivity index (χ3v) is 6.16. The molecule has 0 bridgehead atoms. The zero-order valence-corrected chi connectivity index (χ0v) is 18.9. The normalized spacial score (nSPS) is 17.9. The van der Waals surface area contributed by atoms with Gasteiger partial charge in [0.05, 0.1) is 29.5 Å². The number of rotatable bonds is 6. The summed E-state index contributed by atoms with van der Waals surface area (Å²) in [7, 11) is 1.20. The fourth-order valence-corrected chi connectivity index (χ4v) is 4.30. The van der Waals surface area contributed by atoms with Crippen molar-refractivity contribution in [2.24, 2.45) is 5.92 Å². The first kappa shape index (κ1) is 23.4. The van der Waals surface area contributed by atoms with E-state index < -0.39 is 23.7 Å². The number of benzene rings is 2. The highest BCUT2D eigenvalue weighted by atomic mass is 35.5. The van der Waals surface area contributed by atoms with Gasteiger partial charge in [0.25, 0.3) is 0 Å². The molecule has 0 fully saturated rings. The summed E-state index contributed by atoms with van der Waals surface area (Å²) in [5.41, 5.74) is 2.42. The van der Waals surface area contributed by atoms with E-state index in [0.717, 1.165) is 17.3 Å². The van der Waals surface area contributed by atoms with Crippen LogP contribution in [0.4, 0.5) is 5.69 Å². The van der Waals surface area contributed by atoms with Crippen LogP contribution in [0.3, 0.4) is 0 Å². The van der Waals surface area contributed by atoms with Crippen molar-refractivity contribution in [2.75, 3.05) is 18.2 Å². The monoisotopic (exact) mass is 469 g/mol. The number of amides is 2. The fraction of sp³-hybridized carbons (Fsp3) is 0.217. The molecule has 1 aliphatic heterocycles. The topological polar surface area (TPSA) is 108 Å². The number of nitriles is 1. The van der Waals surface area contributed by atoms with Crippen molar-refractivity contribution in [1.29, 1.82) is 5.26 Å². The Bertz CT molecular complexity index is 1110. The van der Waals surface area contributed by atoms with Gasteiger partial charge >= 0.3 is 5.97 Å². The van der Waals surface area contributed by atoms with Crippen molar-refractivity contribution < 1.29 is 19.1 Å². The van der Waals surface area contributed by atoms with Crippen molar-refractivity contribution in [2.45, 2.75) is 12.8 Å². The second-order valence-electron chi connectivity index (χ2n) is 7.08. The minimum absolute atomic E-state index is 0.0487. The quantitative estimate of drug-likeness (QED) is 0.492. The highest BCUT2D eigenvalue weighted by molar-refractivity contribution is 8.03.